The maximum atomic E-state index is 11.9. The van der Waals surface area contributed by atoms with Gasteiger partial charge in [0.25, 0.3) is 0 Å². The number of hydrogen-bond donors (Lipinski definition) is 3. The highest BCUT2D eigenvalue weighted by atomic mass is 79.9. The van der Waals surface area contributed by atoms with E-state index in [-0.39, 0.29) is 6.03 Å². The molecule has 1 heterocycles. The summed E-state index contributed by atoms with van der Waals surface area (Å²) in [5, 5.41) is 16.6. The zero-order valence-corrected chi connectivity index (χ0v) is 15.0. The molecule has 3 aromatic rings. The van der Waals surface area contributed by atoms with E-state index in [1.807, 2.05) is 43.3 Å². The Bertz CT molecular complexity index is 868. The smallest absolute Gasteiger partial charge is 0.324 e. The molecule has 0 saturated heterocycles. The summed E-state index contributed by atoms with van der Waals surface area (Å²) in [7, 11) is 0. The lowest BCUT2D eigenvalue weighted by Gasteiger charge is -2.09. The third-order valence-corrected chi connectivity index (χ3v) is 4.26. The minimum Gasteiger partial charge on any atom is -0.339 e. The van der Waals surface area contributed by atoms with E-state index in [2.05, 4.69) is 42.1 Å². The minimum absolute atomic E-state index is 0.367. The van der Waals surface area contributed by atoms with Crippen LogP contribution in [0.3, 0.4) is 0 Å². The molecule has 0 unspecified atom stereocenters. The molecule has 3 rings (SSSR count). The lowest BCUT2D eigenvalue weighted by molar-refractivity contribution is 0.262. The fourth-order valence-corrected chi connectivity index (χ4v) is 2.38. The summed E-state index contributed by atoms with van der Waals surface area (Å²) < 4.78 is 1.05. The highest BCUT2D eigenvalue weighted by Crippen LogP contribution is 2.22. The first-order chi connectivity index (χ1) is 12.1. The quantitative estimate of drug-likeness (QED) is 0.582. The van der Waals surface area contributed by atoms with Crippen LogP contribution in [0.5, 0.6) is 0 Å². The fraction of sp³-hybridized carbons (Fsp3) is 0.0556. The Balaban J connectivity index is 1.60. The van der Waals surface area contributed by atoms with Gasteiger partial charge in [0.2, 0.25) is 0 Å². The standard InChI is InChI=1S/C18H16BrN5O/c1-12-11-14(7-8-15(12)19)20-16-9-10-17(24-23-16)22-18(25)21-13-5-3-2-4-6-13/h2-11H,1H3,(H,20,23)(H2,21,22,24,25). The summed E-state index contributed by atoms with van der Waals surface area (Å²) in [6.07, 6.45) is 0. The molecule has 25 heavy (non-hydrogen) atoms. The molecule has 1 aromatic heterocycles. The number of hydrogen-bond acceptors (Lipinski definition) is 4. The summed E-state index contributed by atoms with van der Waals surface area (Å²) in [6.45, 7) is 2.01. The first-order valence-electron chi connectivity index (χ1n) is 7.60. The summed E-state index contributed by atoms with van der Waals surface area (Å²) in [6, 6.07) is 18.2. The Morgan fingerprint density at radius 3 is 2.28 bits per heavy atom. The van der Waals surface area contributed by atoms with Crippen molar-refractivity contribution in [3.63, 3.8) is 0 Å². The number of urea groups is 1. The van der Waals surface area contributed by atoms with Crippen molar-refractivity contribution in [2.45, 2.75) is 6.92 Å². The van der Waals surface area contributed by atoms with Crippen LogP contribution in [0, 0.1) is 6.92 Å². The van der Waals surface area contributed by atoms with Crippen molar-refractivity contribution < 1.29 is 4.79 Å². The minimum atomic E-state index is -0.371. The summed E-state index contributed by atoms with van der Waals surface area (Å²) in [5.74, 6) is 0.960. The van der Waals surface area contributed by atoms with Gasteiger partial charge in [-0.1, -0.05) is 34.1 Å². The first-order valence-corrected chi connectivity index (χ1v) is 8.39. The molecule has 6 nitrogen and oxygen atoms in total. The highest BCUT2D eigenvalue weighted by Gasteiger charge is 2.05. The number of aryl methyl sites for hydroxylation is 1. The van der Waals surface area contributed by atoms with Crippen molar-refractivity contribution in [2.75, 3.05) is 16.0 Å². The number of para-hydroxylation sites is 1. The van der Waals surface area contributed by atoms with Crippen LogP contribution in [0.2, 0.25) is 0 Å². The normalized spacial score (nSPS) is 10.2. The second-order valence-corrected chi connectivity index (χ2v) is 6.19. The van der Waals surface area contributed by atoms with E-state index < -0.39 is 0 Å². The van der Waals surface area contributed by atoms with Gasteiger partial charge in [-0.2, -0.15) is 0 Å². The van der Waals surface area contributed by atoms with Crippen molar-refractivity contribution in [3.05, 3.63) is 70.7 Å². The van der Waals surface area contributed by atoms with Crippen LogP contribution in [0.4, 0.5) is 27.8 Å². The van der Waals surface area contributed by atoms with Crippen LogP contribution in [0.1, 0.15) is 5.56 Å². The van der Waals surface area contributed by atoms with Crippen molar-refractivity contribution in [1.82, 2.24) is 10.2 Å². The van der Waals surface area contributed by atoms with Gasteiger partial charge >= 0.3 is 6.03 Å². The van der Waals surface area contributed by atoms with Crippen molar-refractivity contribution in [1.29, 1.82) is 0 Å². The molecule has 126 valence electrons. The van der Waals surface area contributed by atoms with Gasteiger partial charge in [-0.15, -0.1) is 10.2 Å². The molecule has 0 saturated carbocycles. The van der Waals surface area contributed by atoms with Crippen molar-refractivity contribution in [2.24, 2.45) is 0 Å². The number of nitrogens with one attached hydrogen (secondary N) is 3. The molecule has 2 aromatic carbocycles. The highest BCUT2D eigenvalue weighted by molar-refractivity contribution is 9.10. The Morgan fingerprint density at radius 1 is 0.880 bits per heavy atom. The molecule has 0 bridgehead atoms. The van der Waals surface area contributed by atoms with Gasteiger partial charge in [0.1, 0.15) is 0 Å². The number of benzene rings is 2. The maximum Gasteiger partial charge on any atom is 0.324 e. The number of carbonyl (C=O) groups is 1. The van der Waals surface area contributed by atoms with E-state index in [9.17, 15) is 4.79 Å². The Hall–Kier alpha value is -2.93. The second-order valence-electron chi connectivity index (χ2n) is 5.34. The number of carbonyl (C=O) groups excluding carboxylic acids is 1. The maximum absolute atomic E-state index is 11.9. The van der Waals surface area contributed by atoms with Gasteiger partial charge in [0.15, 0.2) is 11.6 Å². The molecule has 0 fully saturated rings. The summed E-state index contributed by atoms with van der Waals surface area (Å²) >= 11 is 3.47. The van der Waals surface area contributed by atoms with Crippen LogP contribution in [0.25, 0.3) is 0 Å². The zero-order chi connectivity index (χ0) is 17.6. The van der Waals surface area contributed by atoms with Crippen LogP contribution in [0.15, 0.2) is 65.1 Å². The molecular weight excluding hydrogens is 382 g/mol. The van der Waals surface area contributed by atoms with Gasteiger partial charge in [-0.25, -0.2) is 4.79 Å². The predicted octanol–water partition coefficient (Wildman–Crippen LogP) is 4.94. The van der Waals surface area contributed by atoms with Crippen LogP contribution in [-0.4, -0.2) is 16.2 Å². The van der Waals surface area contributed by atoms with Crippen LogP contribution < -0.4 is 16.0 Å². The van der Waals surface area contributed by atoms with E-state index in [0.717, 1.165) is 15.7 Å². The van der Waals surface area contributed by atoms with Gasteiger partial charge < -0.3 is 10.6 Å². The molecule has 2 amide bonds. The fourth-order valence-electron chi connectivity index (χ4n) is 2.14. The van der Waals surface area contributed by atoms with E-state index in [0.29, 0.717) is 17.3 Å². The largest absolute Gasteiger partial charge is 0.339 e. The van der Waals surface area contributed by atoms with Gasteiger partial charge in [-0.05, 0) is 55.0 Å². The molecule has 0 radical (unpaired) electrons. The number of aromatic nitrogens is 2. The number of rotatable bonds is 4. The van der Waals surface area contributed by atoms with Crippen LogP contribution >= 0.6 is 15.9 Å². The van der Waals surface area contributed by atoms with Gasteiger partial charge in [0.05, 0.1) is 0 Å². The molecule has 0 atom stereocenters. The average molecular weight is 398 g/mol. The molecule has 0 aliphatic heterocycles. The molecular formula is C18H16BrN5O. The third kappa shape index (κ3) is 4.77. The third-order valence-electron chi connectivity index (χ3n) is 3.37. The predicted molar refractivity (Wildman–Crippen MR) is 103 cm³/mol. The summed E-state index contributed by atoms with van der Waals surface area (Å²) in [5.41, 5.74) is 2.74. The number of halogens is 1. The number of nitrogens with zero attached hydrogens (tertiary/aromatic N) is 2. The molecule has 3 N–H and O–H groups in total. The lowest BCUT2D eigenvalue weighted by atomic mass is 10.2. The molecule has 0 aliphatic rings. The van der Waals surface area contributed by atoms with E-state index in [1.165, 1.54) is 0 Å². The lowest BCUT2D eigenvalue weighted by Crippen LogP contribution is -2.20. The average Bonchev–Trinajstić information content (AvgIpc) is 2.61. The number of anilines is 4. The SMILES string of the molecule is Cc1cc(Nc2ccc(NC(=O)Nc3ccccc3)nn2)ccc1Br. The second kappa shape index (κ2) is 7.76. The van der Waals surface area contributed by atoms with E-state index >= 15 is 0 Å². The molecule has 7 heteroatoms. The van der Waals surface area contributed by atoms with E-state index in [4.69, 9.17) is 0 Å². The Labute approximate surface area is 153 Å². The van der Waals surface area contributed by atoms with Gasteiger partial charge in [-0.3, -0.25) is 5.32 Å². The molecule has 0 spiro atoms. The topological polar surface area (TPSA) is 78.9 Å². The Kier molecular flexibility index (Phi) is 5.25. The van der Waals surface area contributed by atoms with Crippen molar-refractivity contribution >= 4 is 45.0 Å². The van der Waals surface area contributed by atoms with Crippen molar-refractivity contribution in [3.8, 4) is 0 Å². The summed E-state index contributed by atoms with van der Waals surface area (Å²) in [4.78, 5) is 11.9. The number of amides is 2. The van der Waals surface area contributed by atoms with Crippen LogP contribution in [-0.2, 0) is 0 Å². The zero-order valence-electron chi connectivity index (χ0n) is 13.5. The monoisotopic (exact) mass is 397 g/mol. The van der Waals surface area contributed by atoms with Gasteiger partial charge in [0, 0.05) is 15.8 Å². The Morgan fingerprint density at radius 2 is 1.60 bits per heavy atom. The van der Waals surface area contributed by atoms with E-state index in [1.54, 1.807) is 24.3 Å². The molecule has 0 aliphatic carbocycles. The first kappa shape index (κ1) is 16.9.